The molecule has 1 fully saturated rings. The fourth-order valence-corrected chi connectivity index (χ4v) is 3.01. The van der Waals surface area contributed by atoms with Crippen molar-refractivity contribution in [3.63, 3.8) is 0 Å². The van der Waals surface area contributed by atoms with Gasteiger partial charge in [0.25, 0.3) is 0 Å². The standard InChI is InChI=1S/C13H21IN4/c1-10(2)16-6-11-4-3-5-18(8-11)13-12(14)7-15-9-17-13/h7,9-11,16H,3-6,8H2,1-2H3. The number of hydrogen-bond donors (Lipinski definition) is 1. The highest BCUT2D eigenvalue weighted by atomic mass is 127. The molecule has 100 valence electrons. The summed E-state index contributed by atoms with van der Waals surface area (Å²) in [6.07, 6.45) is 6.11. The third kappa shape index (κ3) is 3.78. The summed E-state index contributed by atoms with van der Waals surface area (Å²) in [6, 6.07) is 0.569. The number of nitrogens with one attached hydrogen (secondary N) is 1. The van der Waals surface area contributed by atoms with Gasteiger partial charge in [0.2, 0.25) is 0 Å². The SMILES string of the molecule is CC(C)NCC1CCCN(c2ncncc2I)C1. The van der Waals surface area contributed by atoms with Crippen LogP contribution in [0.25, 0.3) is 0 Å². The Morgan fingerprint density at radius 2 is 2.39 bits per heavy atom. The van der Waals surface area contributed by atoms with E-state index in [0.29, 0.717) is 6.04 Å². The first-order valence-corrected chi connectivity index (χ1v) is 7.68. The quantitative estimate of drug-likeness (QED) is 0.837. The minimum absolute atomic E-state index is 0.569. The third-order valence-corrected chi connectivity index (χ3v) is 4.04. The Labute approximate surface area is 123 Å². The van der Waals surface area contributed by atoms with Crippen LogP contribution in [0, 0.1) is 9.49 Å². The number of anilines is 1. The van der Waals surface area contributed by atoms with Crippen molar-refractivity contribution in [3.05, 3.63) is 16.1 Å². The maximum Gasteiger partial charge on any atom is 0.145 e. The van der Waals surface area contributed by atoms with Crippen molar-refractivity contribution in [2.75, 3.05) is 24.5 Å². The second-order valence-electron chi connectivity index (χ2n) is 5.21. The number of rotatable bonds is 4. The van der Waals surface area contributed by atoms with Crippen molar-refractivity contribution in [3.8, 4) is 0 Å². The van der Waals surface area contributed by atoms with Gasteiger partial charge in [-0.2, -0.15) is 0 Å². The first-order chi connectivity index (χ1) is 8.66. The molecule has 0 amide bonds. The van der Waals surface area contributed by atoms with E-state index in [-0.39, 0.29) is 0 Å². The topological polar surface area (TPSA) is 41.0 Å². The summed E-state index contributed by atoms with van der Waals surface area (Å²) in [5, 5.41) is 3.54. The Morgan fingerprint density at radius 3 is 3.11 bits per heavy atom. The molecule has 1 aliphatic rings. The normalized spacial score (nSPS) is 20.4. The van der Waals surface area contributed by atoms with Crippen LogP contribution < -0.4 is 10.2 Å². The van der Waals surface area contributed by atoms with Gasteiger partial charge in [-0.25, -0.2) is 9.97 Å². The number of piperidine rings is 1. The zero-order valence-electron chi connectivity index (χ0n) is 11.1. The second kappa shape index (κ2) is 6.65. The van der Waals surface area contributed by atoms with E-state index < -0.39 is 0 Å². The monoisotopic (exact) mass is 360 g/mol. The molecule has 0 spiro atoms. The van der Waals surface area contributed by atoms with Crippen molar-refractivity contribution in [2.24, 2.45) is 5.92 Å². The molecule has 1 aromatic heterocycles. The van der Waals surface area contributed by atoms with E-state index in [4.69, 9.17) is 0 Å². The molecule has 5 heteroatoms. The lowest BCUT2D eigenvalue weighted by Gasteiger charge is -2.34. The molecule has 1 aliphatic heterocycles. The largest absolute Gasteiger partial charge is 0.355 e. The molecule has 4 nitrogen and oxygen atoms in total. The van der Waals surface area contributed by atoms with Crippen molar-refractivity contribution in [2.45, 2.75) is 32.7 Å². The van der Waals surface area contributed by atoms with Crippen molar-refractivity contribution in [1.29, 1.82) is 0 Å². The predicted molar refractivity (Wildman–Crippen MR) is 82.8 cm³/mol. The van der Waals surface area contributed by atoms with Crippen molar-refractivity contribution in [1.82, 2.24) is 15.3 Å². The molecule has 1 unspecified atom stereocenters. The molecule has 1 aromatic rings. The van der Waals surface area contributed by atoms with Crippen LogP contribution in [0.2, 0.25) is 0 Å². The second-order valence-corrected chi connectivity index (χ2v) is 6.37. The Kier molecular flexibility index (Phi) is 5.17. The van der Waals surface area contributed by atoms with E-state index >= 15 is 0 Å². The van der Waals surface area contributed by atoms with E-state index in [1.807, 2.05) is 6.20 Å². The number of halogens is 1. The lowest BCUT2D eigenvalue weighted by molar-refractivity contribution is 0.378. The Hall–Kier alpha value is -0.430. The van der Waals surface area contributed by atoms with Gasteiger partial charge in [-0.3, -0.25) is 0 Å². The lowest BCUT2D eigenvalue weighted by atomic mass is 9.98. The average molecular weight is 360 g/mol. The van der Waals surface area contributed by atoms with Crippen LogP contribution in [0.1, 0.15) is 26.7 Å². The van der Waals surface area contributed by atoms with Crippen LogP contribution in [-0.2, 0) is 0 Å². The summed E-state index contributed by atoms with van der Waals surface area (Å²) in [6.45, 7) is 7.73. The van der Waals surface area contributed by atoms with Gasteiger partial charge in [0.05, 0.1) is 3.57 Å². The maximum atomic E-state index is 4.42. The van der Waals surface area contributed by atoms with Gasteiger partial charge in [-0.1, -0.05) is 13.8 Å². The van der Waals surface area contributed by atoms with Gasteiger partial charge >= 0.3 is 0 Å². The molecule has 0 aromatic carbocycles. The van der Waals surface area contributed by atoms with Crippen molar-refractivity contribution < 1.29 is 0 Å². The molecular weight excluding hydrogens is 339 g/mol. The highest BCUT2D eigenvalue weighted by Crippen LogP contribution is 2.24. The molecule has 0 bridgehead atoms. The number of hydrogen-bond acceptors (Lipinski definition) is 4. The maximum absolute atomic E-state index is 4.42. The van der Waals surface area contributed by atoms with E-state index in [9.17, 15) is 0 Å². The summed E-state index contributed by atoms with van der Waals surface area (Å²) in [5.41, 5.74) is 0. The first kappa shape index (κ1) is 14.0. The summed E-state index contributed by atoms with van der Waals surface area (Å²) in [7, 11) is 0. The van der Waals surface area contributed by atoms with E-state index in [2.05, 4.69) is 56.6 Å². The minimum Gasteiger partial charge on any atom is -0.355 e. The molecule has 1 N–H and O–H groups in total. The summed E-state index contributed by atoms with van der Waals surface area (Å²) in [5.74, 6) is 1.83. The predicted octanol–water partition coefficient (Wildman–Crippen LogP) is 2.30. The van der Waals surface area contributed by atoms with Crippen LogP contribution in [-0.4, -0.2) is 35.6 Å². The fraction of sp³-hybridized carbons (Fsp3) is 0.692. The highest BCUT2D eigenvalue weighted by Gasteiger charge is 2.22. The zero-order valence-corrected chi connectivity index (χ0v) is 13.2. The Bertz CT molecular complexity index is 383. The van der Waals surface area contributed by atoms with Gasteiger partial charge in [0.15, 0.2) is 0 Å². The van der Waals surface area contributed by atoms with Gasteiger partial charge < -0.3 is 10.2 Å². The molecule has 1 saturated heterocycles. The summed E-state index contributed by atoms with van der Waals surface area (Å²) >= 11 is 2.32. The molecule has 2 heterocycles. The minimum atomic E-state index is 0.569. The average Bonchev–Trinajstić information content (AvgIpc) is 2.37. The molecule has 0 aliphatic carbocycles. The molecular formula is C13H21IN4. The lowest BCUT2D eigenvalue weighted by Crippen LogP contribution is -2.41. The van der Waals surface area contributed by atoms with Crippen LogP contribution >= 0.6 is 22.6 Å². The molecule has 0 radical (unpaired) electrons. The van der Waals surface area contributed by atoms with Gasteiger partial charge in [-0.05, 0) is 47.9 Å². The van der Waals surface area contributed by atoms with E-state index in [1.165, 1.54) is 12.8 Å². The van der Waals surface area contributed by atoms with Crippen LogP contribution in [0.3, 0.4) is 0 Å². The highest BCUT2D eigenvalue weighted by molar-refractivity contribution is 14.1. The van der Waals surface area contributed by atoms with Gasteiger partial charge in [0.1, 0.15) is 12.1 Å². The molecule has 18 heavy (non-hydrogen) atoms. The molecule has 2 rings (SSSR count). The first-order valence-electron chi connectivity index (χ1n) is 6.60. The Balaban J connectivity index is 1.96. The van der Waals surface area contributed by atoms with Crippen LogP contribution in [0.15, 0.2) is 12.5 Å². The van der Waals surface area contributed by atoms with Crippen LogP contribution in [0.5, 0.6) is 0 Å². The smallest absolute Gasteiger partial charge is 0.145 e. The van der Waals surface area contributed by atoms with E-state index in [0.717, 1.165) is 34.9 Å². The summed E-state index contributed by atoms with van der Waals surface area (Å²) < 4.78 is 1.15. The third-order valence-electron chi connectivity index (χ3n) is 3.28. The zero-order chi connectivity index (χ0) is 13.0. The summed E-state index contributed by atoms with van der Waals surface area (Å²) in [4.78, 5) is 10.9. The van der Waals surface area contributed by atoms with Gasteiger partial charge in [-0.15, -0.1) is 0 Å². The molecule has 0 saturated carbocycles. The number of aromatic nitrogens is 2. The number of nitrogens with zero attached hydrogens (tertiary/aromatic N) is 3. The van der Waals surface area contributed by atoms with E-state index in [1.54, 1.807) is 6.33 Å². The van der Waals surface area contributed by atoms with Crippen LogP contribution in [0.4, 0.5) is 5.82 Å². The van der Waals surface area contributed by atoms with Crippen molar-refractivity contribution >= 4 is 28.4 Å². The fourth-order valence-electron chi connectivity index (χ4n) is 2.37. The molecule has 1 atom stereocenters. The van der Waals surface area contributed by atoms with Gasteiger partial charge in [0, 0.05) is 25.3 Å². The Morgan fingerprint density at radius 1 is 1.56 bits per heavy atom.